The molecule has 1 saturated heterocycles. The highest BCUT2D eigenvalue weighted by molar-refractivity contribution is 5.99. The molecule has 1 fully saturated rings. The van der Waals surface area contributed by atoms with Crippen LogP contribution in [0.25, 0.3) is 0 Å². The zero-order valence-corrected chi connectivity index (χ0v) is 13.7. The predicted molar refractivity (Wildman–Crippen MR) is 80.4 cm³/mol. The number of hydrogen-bond acceptors (Lipinski definition) is 4. The molecule has 2 heterocycles. The smallest absolute Gasteiger partial charge is 0.456 e. The van der Waals surface area contributed by atoms with E-state index in [-0.39, 0.29) is 17.6 Å². The van der Waals surface area contributed by atoms with E-state index in [0.717, 1.165) is 0 Å². The number of rotatable bonds is 5. The van der Waals surface area contributed by atoms with Crippen molar-refractivity contribution in [2.75, 3.05) is 19.7 Å². The summed E-state index contributed by atoms with van der Waals surface area (Å²) in [5.74, 6) is -2.13. The Morgan fingerprint density at radius 2 is 1.92 bits per heavy atom. The monoisotopic (exact) mass is 346 g/mol. The molecule has 0 aromatic carbocycles. The number of hydrogen-bond donors (Lipinski definition) is 0. The summed E-state index contributed by atoms with van der Waals surface area (Å²) in [7, 11) is 1.43. The maximum Gasteiger partial charge on any atom is 0.456 e. The number of carbonyl (C=O) groups is 2. The number of ether oxygens (including phenoxy) is 1. The van der Waals surface area contributed by atoms with Gasteiger partial charge in [0, 0.05) is 19.8 Å². The molecule has 0 spiro atoms. The van der Waals surface area contributed by atoms with E-state index in [1.807, 2.05) is 0 Å². The van der Waals surface area contributed by atoms with Crippen molar-refractivity contribution in [3.63, 3.8) is 0 Å². The summed E-state index contributed by atoms with van der Waals surface area (Å²) in [6, 6.07) is 1.28. The van der Waals surface area contributed by atoms with Crippen molar-refractivity contribution in [2.45, 2.75) is 32.5 Å². The van der Waals surface area contributed by atoms with Gasteiger partial charge < -0.3 is 9.30 Å². The molecule has 5 nitrogen and oxygen atoms in total. The summed E-state index contributed by atoms with van der Waals surface area (Å²) < 4.78 is 43.9. The number of esters is 1. The number of piperidine rings is 1. The topological polar surface area (TPSA) is 51.5 Å². The Hall–Kier alpha value is -1.83. The highest BCUT2D eigenvalue weighted by Crippen LogP contribution is 2.24. The maximum absolute atomic E-state index is 12.5. The lowest BCUT2D eigenvalue weighted by Crippen LogP contribution is -2.36. The standard InChI is InChI=1S/C16H21F3N2O3/c1-3-24-15(23)12-4-6-21(7-5-12)10-11-8-13(20(2)9-11)14(22)16(17,18)19/h8-9,12H,3-7,10H2,1-2H3. The lowest BCUT2D eigenvalue weighted by molar-refractivity contribution is -0.149. The molecular weight excluding hydrogens is 325 g/mol. The van der Waals surface area contributed by atoms with Crippen LogP contribution < -0.4 is 0 Å². The third-order valence-electron chi connectivity index (χ3n) is 4.17. The van der Waals surface area contributed by atoms with E-state index in [2.05, 4.69) is 4.90 Å². The summed E-state index contributed by atoms with van der Waals surface area (Å²) >= 11 is 0. The number of likely N-dealkylation sites (tertiary alicyclic amines) is 1. The van der Waals surface area contributed by atoms with Crippen LogP contribution in [0.4, 0.5) is 13.2 Å². The number of nitrogens with zero attached hydrogens (tertiary/aromatic N) is 2. The largest absolute Gasteiger partial charge is 0.466 e. The molecule has 1 aromatic rings. The summed E-state index contributed by atoms with van der Waals surface area (Å²) in [5, 5.41) is 0. The normalized spacial score (nSPS) is 17.0. The van der Waals surface area contributed by atoms with Gasteiger partial charge >= 0.3 is 12.1 Å². The zero-order valence-electron chi connectivity index (χ0n) is 13.7. The van der Waals surface area contributed by atoms with Crippen LogP contribution in [0.2, 0.25) is 0 Å². The van der Waals surface area contributed by atoms with Gasteiger partial charge in [0.05, 0.1) is 18.2 Å². The minimum atomic E-state index is -4.87. The van der Waals surface area contributed by atoms with E-state index in [1.165, 1.54) is 23.9 Å². The molecule has 0 amide bonds. The number of aromatic nitrogens is 1. The average Bonchev–Trinajstić information content (AvgIpc) is 2.87. The summed E-state index contributed by atoms with van der Waals surface area (Å²) in [6.45, 7) is 3.91. The first-order valence-corrected chi connectivity index (χ1v) is 7.88. The fraction of sp³-hybridized carbons (Fsp3) is 0.625. The molecule has 1 aliphatic rings. The zero-order chi connectivity index (χ0) is 17.9. The Balaban J connectivity index is 1.94. The number of Topliss-reactive ketones (excluding diaryl/α,β-unsaturated/α-hetero) is 1. The van der Waals surface area contributed by atoms with Crippen molar-refractivity contribution >= 4 is 11.8 Å². The van der Waals surface area contributed by atoms with Gasteiger partial charge in [0.2, 0.25) is 0 Å². The maximum atomic E-state index is 12.5. The number of ketones is 1. The van der Waals surface area contributed by atoms with E-state index in [4.69, 9.17) is 4.74 Å². The lowest BCUT2D eigenvalue weighted by Gasteiger charge is -2.30. The molecule has 0 unspecified atom stereocenters. The van der Waals surface area contributed by atoms with E-state index in [0.29, 0.717) is 44.6 Å². The van der Waals surface area contributed by atoms with Gasteiger partial charge in [-0.1, -0.05) is 0 Å². The fourth-order valence-corrected chi connectivity index (χ4v) is 2.94. The fourth-order valence-electron chi connectivity index (χ4n) is 2.94. The van der Waals surface area contributed by atoms with Crippen molar-refractivity contribution < 1.29 is 27.5 Å². The third kappa shape index (κ3) is 4.37. The summed E-state index contributed by atoms with van der Waals surface area (Å²) in [4.78, 5) is 25.1. The molecular formula is C16H21F3N2O3. The van der Waals surface area contributed by atoms with Crippen molar-refractivity contribution in [3.05, 3.63) is 23.5 Å². The van der Waals surface area contributed by atoms with E-state index in [1.54, 1.807) is 6.92 Å². The molecule has 24 heavy (non-hydrogen) atoms. The minimum Gasteiger partial charge on any atom is -0.466 e. The minimum absolute atomic E-state index is 0.112. The Morgan fingerprint density at radius 1 is 1.29 bits per heavy atom. The molecule has 0 N–H and O–H groups in total. The SMILES string of the molecule is CCOC(=O)C1CCN(Cc2cc(C(=O)C(F)(F)F)n(C)c2)CC1. The molecule has 0 atom stereocenters. The number of aryl methyl sites for hydroxylation is 1. The second-order valence-corrected chi connectivity index (χ2v) is 5.97. The first-order chi connectivity index (χ1) is 11.2. The highest BCUT2D eigenvalue weighted by Gasteiger charge is 2.40. The number of alkyl halides is 3. The summed E-state index contributed by atoms with van der Waals surface area (Å²) in [6.07, 6.45) is -2.00. The molecule has 2 rings (SSSR count). The van der Waals surface area contributed by atoms with Crippen LogP contribution in [0.15, 0.2) is 12.3 Å². The van der Waals surface area contributed by atoms with E-state index < -0.39 is 12.0 Å². The van der Waals surface area contributed by atoms with Gasteiger partial charge in [-0.2, -0.15) is 13.2 Å². The second-order valence-electron chi connectivity index (χ2n) is 5.97. The van der Waals surface area contributed by atoms with Gasteiger partial charge in [-0.3, -0.25) is 14.5 Å². The second kappa shape index (κ2) is 7.38. The first kappa shape index (κ1) is 18.5. The van der Waals surface area contributed by atoms with Gasteiger partial charge in [-0.25, -0.2) is 0 Å². The molecule has 1 aromatic heterocycles. The molecule has 0 radical (unpaired) electrons. The molecule has 134 valence electrons. The number of carbonyl (C=O) groups excluding carboxylic acids is 2. The van der Waals surface area contributed by atoms with Crippen LogP contribution in [-0.4, -0.2) is 47.1 Å². The quantitative estimate of drug-likeness (QED) is 0.607. The van der Waals surface area contributed by atoms with Crippen molar-refractivity contribution in [1.29, 1.82) is 0 Å². The molecule has 1 aliphatic heterocycles. The van der Waals surface area contributed by atoms with Gasteiger partial charge in [-0.05, 0) is 44.5 Å². The lowest BCUT2D eigenvalue weighted by atomic mass is 9.97. The van der Waals surface area contributed by atoms with Crippen molar-refractivity contribution in [2.24, 2.45) is 13.0 Å². The van der Waals surface area contributed by atoms with Gasteiger partial charge in [0.15, 0.2) is 0 Å². The van der Waals surface area contributed by atoms with Gasteiger partial charge in [-0.15, -0.1) is 0 Å². The Labute approximate surface area is 138 Å². The van der Waals surface area contributed by atoms with Crippen molar-refractivity contribution in [1.82, 2.24) is 9.47 Å². The predicted octanol–water partition coefficient (Wildman–Crippen LogP) is 2.55. The van der Waals surface area contributed by atoms with E-state index in [9.17, 15) is 22.8 Å². The first-order valence-electron chi connectivity index (χ1n) is 7.88. The van der Waals surface area contributed by atoms with E-state index >= 15 is 0 Å². The van der Waals surface area contributed by atoms with Crippen LogP contribution in [-0.2, 0) is 23.1 Å². The summed E-state index contributed by atoms with van der Waals surface area (Å²) in [5.41, 5.74) is 0.290. The number of halogens is 3. The highest BCUT2D eigenvalue weighted by atomic mass is 19.4. The van der Waals surface area contributed by atoms with Gasteiger partial charge in [0.1, 0.15) is 0 Å². The Kier molecular flexibility index (Phi) is 5.69. The van der Waals surface area contributed by atoms with Crippen LogP contribution in [0.3, 0.4) is 0 Å². The van der Waals surface area contributed by atoms with Crippen LogP contribution >= 0.6 is 0 Å². The van der Waals surface area contributed by atoms with Crippen LogP contribution in [0.1, 0.15) is 35.8 Å². The van der Waals surface area contributed by atoms with Crippen LogP contribution in [0, 0.1) is 5.92 Å². The average molecular weight is 346 g/mol. The molecule has 8 heteroatoms. The molecule has 0 aliphatic carbocycles. The van der Waals surface area contributed by atoms with Crippen molar-refractivity contribution in [3.8, 4) is 0 Å². The third-order valence-corrected chi connectivity index (χ3v) is 4.17. The molecule has 0 bridgehead atoms. The Bertz CT molecular complexity index is 602. The van der Waals surface area contributed by atoms with Gasteiger partial charge in [0.25, 0.3) is 5.78 Å². The Morgan fingerprint density at radius 3 is 2.46 bits per heavy atom. The molecule has 0 saturated carbocycles. The van der Waals surface area contributed by atoms with Crippen LogP contribution in [0.5, 0.6) is 0 Å².